The third-order valence-corrected chi connectivity index (χ3v) is 4.02. The Bertz CT molecular complexity index is 279. The first-order valence-corrected chi connectivity index (χ1v) is 7.01. The number of methoxy groups -OCH3 is 1. The van der Waals surface area contributed by atoms with Crippen molar-refractivity contribution in [1.82, 2.24) is 0 Å². The lowest BCUT2D eigenvalue weighted by atomic mass is 9.85. The molecule has 18 heavy (non-hydrogen) atoms. The van der Waals surface area contributed by atoms with E-state index in [0.717, 1.165) is 6.42 Å². The van der Waals surface area contributed by atoms with Gasteiger partial charge in [-0.1, -0.05) is 19.8 Å². The van der Waals surface area contributed by atoms with Gasteiger partial charge in [0, 0.05) is 13.5 Å². The molecule has 0 aliphatic heterocycles. The van der Waals surface area contributed by atoms with Crippen LogP contribution >= 0.6 is 0 Å². The number of ketones is 1. The second kappa shape index (κ2) is 6.64. The Hall–Kier alpha value is -0.450. The van der Waals surface area contributed by atoms with Gasteiger partial charge < -0.3 is 14.2 Å². The van der Waals surface area contributed by atoms with Crippen LogP contribution < -0.4 is 0 Å². The molecular formula is C14H24O4. The molecular weight excluding hydrogens is 232 g/mol. The van der Waals surface area contributed by atoms with Crippen molar-refractivity contribution in [3.63, 3.8) is 0 Å². The third-order valence-electron chi connectivity index (χ3n) is 4.02. The Morgan fingerprint density at radius 3 is 2.61 bits per heavy atom. The summed E-state index contributed by atoms with van der Waals surface area (Å²) in [5.41, 5.74) is 0. The van der Waals surface area contributed by atoms with Gasteiger partial charge in [-0.2, -0.15) is 0 Å². The Morgan fingerprint density at radius 2 is 1.94 bits per heavy atom. The highest BCUT2D eigenvalue weighted by Crippen LogP contribution is 2.32. The lowest BCUT2D eigenvalue weighted by Crippen LogP contribution is -2.53. The predicted octanol–water partition coefficient (Wildman–Crippen LogP) is 1.95. The zero-order valence-corrected chi connectivity index (χ0v) is 11.4. The molecule has 0 N–H and O–H groups in total. The summed E-state index contributed by atoms with van der Waals surface area (Å²) in [6.07, 6.45) is 5.35. The summed E-state index contributed by atoms with van der Waals surface area (Å²) in [5.74, 6) is 0.772. The molecule has 4 unspecified atom stereocenters. The zero-order valence-electron chi connectivity index (χ0n) is 11.4. The van der Waals surface area contributed by atoms with Gasteiger partial charge in [0.15, 0.2) is 5.78 Å². The Kier molecular flexibility index (Phi) is 5.15. The molecule has 4 heteroatoms. The van der Waals surface area contributed by atoms with Gasteiger partial charge >= 0.3 is 0 Å². The lowest BCUT2D eigenvalue weighted by molar-refractivity contribution is -0.181. The summed E-state index contributed by atoms with van der Waals surface area (Å²) in [7, 11) is 1.63. The molecule has 104 valence electrons. The lowest BCUT2D eigenvalue weighted by Gasteiger charge is -2.39. The topological polar surface area (TPSA) is 44.8 Å². The molecule has 0 aromatic rings. The smallest absolute Gasteiger partial charge is 0.166 e. The van der Waals surface area contributed by atoms with Gasteiger partial charge in [0.2, 0.25) is 0 Å². The van der Waals surface area contributed by atoms with E-state index in [1.807, 2.05) is 0 Å². The van der Waals surface area contributed by atoms with E-state index in [4.69, 9.17) is 14.2 Å². The summed E-state index contributed by atoms with van der Waals surface area (Å²) >= 11 is 0. The van der Waals surface area contributed by atoms with Crippen molar-refractivity contribution in [2.75, 3.05) is 20.3 Å². The maximum atomic E-state index is 11.5. The average molecular weight is 256 g/mol. The maximum Gasteiger partial charge on any atom is 0.166 e. The fourth-order valence-corrected chi connectivity index (χ4v) is 2.76. The SMILES string of the molecule is COCCOC1C(=O)CC1OC1CCCCC1C. The number of carbonyl (C=O) groups excluding carboxylic acids is 1. The molecule has 0 radical (unpaired) electrons. The number of carbonyl (C=O) groups is 1. The Morgan fingerprint density at radius 1 is 1.17 bits per heavy atom. The van der Waals surface area contributed by atoms with Crippen molar-refractivity contribution < 1.29 is 19.0 Å². The molecule has 0 spiro atoms. The number of hydrogen-bond donors (Lipinski definition) is 0. The summed E-state index contributed by atoms with van der Waals surface area (Å²) in [6.45, 7) is 3.23. The van der Waals surface area contributed by atoms with Gasteiger partial charge in [-0.15, -0.1) is 0 Å². The molecule has 2 rings (SSSR count). The molecule has 0 heterocycles. The molecule has 4 atom stereocenters. The largest absolute Gasteiger partial charge is 0.382 e. The van der Waals surface area contributed by atoms with Crippen molar-refractivity contribution in [3.8, 4) is 0 Å². The van der Waals surface area contributed by atoms with Crippen LogP contribution in [0.15, 0.2) is 0 Å². The van der Waals surface area contributed by atoms with Gasteiger partial charge in [-0.05, 0) is 18.8 Å². The van der Waals surface area contributed by atoms with Crippen molar-refractivity contribution in [2.45, 2.75) is 57.3 Å². The van der Waals surface area contributed by atoms with Gasteiger partial charge in [0.25, 0.3) is 0 Å². The fraction of sp³-hybridized carbons (Fsp3) is 0.929. The first-order chi connectivity index (χ1) is 8.72. The molecule has 2 aliphatic carbocycles. The van der Waals surface area contributed by atoms with E-state index in [-0.39, 0.29) is 18.0 Å². The van der Waals surface area contributed by atoms with Crippen LogP contribution in [0.2, 0.25) is 0 Å². The van der Waals surface area contributed by atoms with Crippen molar-refractivity contribution in [3.05, 3.63) is 0 Å². The van der Waals surface area contributed by atoms with Gasteiger partial charge in [-0.25, -0.2) is 0 Å². The van der Waals surface area contributed by atoms with Crippen LogP contribution in [-0.2, 0) is 19.0 Å². The van der Waals surface area contributed by atoms with Crippen LogP contribution in [0.3, 0.4) is 0 Å². The molecule has 0 bridgehead atoms. The highest BCUT2D eigenvalue weighted by molar-refractivity contribution is 5.90. The Balaban J connectivity index is 1.76. The van der Waals surface area contributed by atoms with Crippen LogP contribution in [0.1, 0.15) is 39.0 Å². The maximum absolute atomic E-state index is 11.5. The molecule has 2 fully saturated rings. The first-order valence-electron chi connectivity index (χ1n) is 7.01. The summed E-state index contributed by atoms with van der Waals surface area (Å²) in [6, 6.07) is 0. The van der Waals surface area contributed by atoms with Crippen LogP contribution in [0.25, 0.3) is 0 Å². The van der Waals surface area contributed by atoms with E-state index >= 15 is 0 Å². The molecule has 2 aliphatic rings. The van der Waals surface area contributed by atoms with Crippen LogP contribution in [0.5, 0.6) is 0 Å². The second-order valence-corrected chi connectivity index (χ2v) is 5.43. The highest BCUT2D eigenvalue weighted by Gasteiger charge is 2.43. The molecule has 0 aromatic carbocycles. The van der Waals surface area contributed by atoms with Crippen molar-refractivity contribution in [1.29, 1.82) is 0 Å². The predicted molar refractivity (Wildman–Crippen MR) is 67.5 cm³/mol. The van der Waals surface area contributed by atoms with Crippen LogP contribution in [0.4, 0.5) is 0 Å². The third kappa shape index (κ3) is 3.31. The first kappa shape index (κ1) is 14.0. The van der Waals surface area contributed by atoms with Gasteiger partial charge in [0.05, 0.1) is 25.4 Å². The van der Waals surface area contributed by atoms with E-state index in [1.54, 1.807) is 7.11 Å². The van der Waals surface area contributed by atoms with E-state index in [0.29, 0.717) is 31.7 Å². The van der Waals surface area contributed by atoms with E-state index in [2.05, 4.69) is 6.92 Å². The number of rotatable bonds is 6. The number of hydrogen-bond acceptors (Lipinski definition) is 4. The minimum Gasteiger partial charge on any atom is -0.382 e. The molecule has 0 saturated heterocycles. The summed E-state index contributed by atoms with van der Waals surface area (Å²) in [5, 5.41) is 0. The monoisotopic (exact) mass is 256 g/mol. The molecule has 2 saturated carbocycles. The normalized spacial score (nSPS) is 36.4. The van der Waals surface area contributed by atoms with Gasteiger partial charge in [-0.3, -0.25) is 4.79 Å². The van der Waals surface area contributed by atoms with Crippen molar-refractivity contribution >= 4 is 5.78 Å². The standard InChI is InChI=1S/C14H24O4/c1-10-5-3-4-6-12(10)18-13-9-11(15)14(13)17-8-7-16-2/h10,12-14H,3-9H2,1-2H3. The number of Topliss-reactive ketones (excluding diaryl/α,β-unsaturated/α-hetero) is 1. The highest BCUT2D eigenvalue weighted by atomic mass is 16.6. The summed E-state index contributed by atoms with van der Waals surface area (Å²) < 4.78 is 16.5. The number of ether oxygens (including phenoxy) is 3. The Labute approximate surface area is 109 Å². The van der Waals surface area contributed by atoms with E-state index in [9.17, 15) is 4.79 Å². The minimum atomic E-state index is -0.353. The second-order valence-electron chi connectivity index (χ2n) is 5.43. The van der Waals surface area contributed by atoms with E-state index in [1.165, 1.54) is 19.3 Å². The van der Waals surface area contributed by atoms with Crippen LogP contribution in [0, 0.1) is 5.92 Å². The molecule has 0 aromatic heterocycles. The zero-order chi connectivity index (χ0) is 13.0. The van der Waals surface area contributed by atoms with E-state index < -0.39 is 0 Å². The summed E-state index contributed by atoms with van der Waals surface area (Å²) in [4.78, 5) is 11.5. The average Bonchev–Trinajstić information content (AvgIpc) is 2.36. The van der Waals surface area contributed by atoms with Crippen LogP contribution in [-0.4, -0.2) is 44.4 Å². The van der Waals surface area contributed by atoms with Gasteiger partial charge in [0.1, 0.15) is 6.10 Å². The quantitative estimate of drug-likeness (QED) is 0.681. The molecule has 4 nitrogen and oxygen atoms in total. The fourth-order valence-electron chi connectivity index (χ4n) is 2.76. The molecule has 0 amide bonds. The van der Waals surface area contributed by atoms with Crippen molar-refractivity contribution in [2.24, 2.45) is 5.92 Å². The minimum absolute atomic E-state index is 0.0279.